The molecule has 1 atom stereocenters. The lowest BCUT2D eigenvalue weighted by Gasteiger charge is -2.39. The predicted molar refractivity (Wildman–Crippen MR) is 92.2 cm³/mol. The van der Waals surface area contributed by atoms with Gasteiger partial charge in [-0.25, -0.2) is 4.79 Å². The summed E-state index contributed by atoms with van der Waals surface area (Å²) in [5.41, 5.74) is 7.27. The Balaban J connectivity index is 2.41. The van der Waals surface area contributed by atoms with E-state index in [0.29, 0.717) is 6.42 Å². The molecule has 0 radical (unpaired) electrons. The zero-order valence-electron chi connectivity index (χ0n) is 13.0. The summed E-state index contributed by atoms with van der Waals surface area (Å²) in [6.07, 6.45) is 1.31. The fourth-order valence-corrected chi connectivity index (χ4v) is 2.90. The van der Waals surface area contributed by atoms with Gasteiger partial charge in [0.1, 0.15) is 0 Å². The van der Waals surface area contributed by atoms with E-state index in [1.54, 1.807) is 0 Å². The molecule has 0 aliphatic heterocycles. The van der Waals surface area contributed by atoms with Crippen LogP contribution in [0.2, 0.25) is 0 Å². The molecule has 1 amide bonds. The highest BCUT2D eigenvalue weighted by atomic mass is 32.1. The van der Waals surface area contributed by atoms with Crippen LogP contribution in [0.3, 0.4) is 0 Å². The van der Waals surface area contributed by atoms with Gasteiger partial charge < -0.3 is 15.8 Å². The van der Waals surface area contributed by atoms with Gasteiger partial charge in [-0.3, -0.25) is 4.90 Å². The molecule has 2 aromatic rings. The largest absolute Gasteiger partial charge is 0.465 e. The molecule has 1 aromatic carbocycles. The van der Waals surface area contributed by atoms with E-state index in [4.69, 9.17) is 18.0 Å². The summed E-state index contributed by atoms with van der Waals surface area (Å²) in [6, 6.07) is 7.33. The van der Waals surface area contributed by atoms with Crippen LogP contribution < -0.4 is 5.73 Å². The van der Waals surface area contributed by atoms with Crippen molar-refractivity contribution in [2.75, 3.05) is 0 Å². The van der Waals surface area contributed by atoms with E-state index in [2.05, 4.69) is 4.98 Å². The summed E-state index contributed by atoms with van der Waals surface area (Å²) in [6.45, 7) is 5.50. The number of rotatable bonds is 4. The molecule has 6 heteroatoms. The average molecular weight is 319 g/mol. The maximum absolute atomic E-state index is 11.7. The van der Waals surface area contributed by atoms with Gasteiger partial charge in [0.2, 0.25) is 0 Å². The number of nitrogens with zero attached hydrogens (tertiary/aromatic N) is 1. The van der Waals surface area contributed by atoms with Crippen LogP contribution in [0, 0.1) is 0 Å². The summed E-state index contributed by atoms with van der Waals surface area (Å²) < 4.78 is 0. The molecule has 2 rings (SSSR count). The second-order valence-corrected chi connectivity index (χ2v) is 6.78. The Morgan fingerprint density at radius 2 is 2.05 bits per heavy atom. The minimum Gasteiger partial charge on any atom is -0.465 e. The molecular formula is C16H21N3O2S. The van der Waals surface area contributed by atoms with E-state index in [1.165, 1.54) is 4.90 Å². The lowest BCUT2D eigenvalue weighted by atomic mass is 9.98. The van der Waals surface area contributed by atoms with Gasteiger partial charge in [0.05, 0.1) is 11.0 Å². The van der Waals surface area contributed by atoms with Crippen molar-refractivity contribution in [2.24, 2.45) is 5.73 Å². The number of amides is 1. The summed E-state index contributed by atoms with van der Waals surface area (Å²) >= 11 is 5.14. The minimum atomic E-state index is -1.02. The minimum absolute atomic E-state index is 0.183. The third kappa shape index (κ3) is 3.22. The summed E-state index contributed by atoms with van der Waals surface area (Å²) in [7, 11) is 0. The first-order chi connectivity index (χ1) is 10.2. The lowest BCUT2D eigenvalue weighted by molar-refractivity contribution is 0.0882. The van der Waals surface area contributed by atoms with Crippen LogP contribution in [0.5, 0.6) is 0 Å². The maximum atomic E-state index is 11.7. The molecule has 0 spiro atoms. The number of hydrogen-bond donors (Lipinski definition) is 3. The van der Waals surface area contributed by atoms with Gasteiger partial charge in [0.25, 0.3) is 0 Å². The first-order valence-corrected chi connectivity index (χ1v) is 7.49. The Labute approximate surface area is 135 Å². The highest BCUT2D eigenvalue weighted by molar-refractivity contribution is 7.80. The molecule has 0 saturated carbocycles. The van der Waals surface area contributed by atoms with Crippen molar-refractivity contribution in [1.82, 2.24) is 9.88 Å². The van der Waals surface area contributed by atoms with E-state index < -0.39 is 17.7 Å². The quantitative estimate of drug-likeness (QED) is 0.756. The maximum Gasteiger partial charge on any atom is 0.408 e. The molecule has 0 aliphatic carbocycles. The van der Waals surface area contributed by atoms with E-state index in [1.807, 2.05) is 51.2 Å². The number of H-pyrrole nitrogens is 1. The van der Waals surface area contributed by atoms with Crippen molar-refractivity contribution in [1.29, 1.82) is 0 Å². The fraction of sp³-hybridized carbons (Fsp3) is 0.375. The van der Waals surface area contributed by atoms with Crippen molar-refractivity contribution in [3.8, 4) is 0 Å². The van der Waals surface area contributed by atoms with Crippen molar-refractivity contribution in [3.05, 3.63) is 36.0 Å². The van der Waals surface area contributed by atoms with Gasteiger partial charge in [0.15, 0.2) is 0 Å². The molecule has 0 saturated heterocycles. The number of aromatic amines is 1. The number of hydrogen-bond acceptors (Lipinski definition) is 2. The average Bonchev–Trinajstić information content (AvgIpc) is 2.79. The van der Waals surface area contributed by atoms with Crippen LogP contribution in [0.15, 0.2) is 30.5 Å². The second kappa shape index (κ2) is 5.96. The van der Waals surface area contributed by atoms with Crippen molar-refractivity contribution in [2.45, 2.75) is 38.8 Å². The van der Waals surface area contributed by atoms with Crippen LogP contribution >= 0.6 is 12.2 Å². The first kappa shape index (κ1) is 16.3. The second-order valence-electron chi connectivity index (χ2n) is 6.31. The zero-order valence-corrected chi connectivity index (χ0v) is 13.8. The van der Waals surface area contributed by atoms with Crippen LogP contribution in [-0.4, -0.2) is 37.7 Å². The van der Waals surface area contributed by atoms with E-state index >= 15 is 0 Å². The van der Waals surface area contributed by atoms with Crippen LogP contribution in [0.1, 0.15) is 26.3 Å². The Morgan fingerprint density at radius 3 is 2.59 bits per heavy atom. The van der Waals surface area contributed by atoms with Crippen molar-refractivity contribution >= 4 is 34.2 Å². The van der Waals surface area contributed by atoms with Crippen LogP contribution in [0.4, 0.5) is 4.79 Å². The number of thiocarbonyl (C=S) groups is 1. The zero-order chi connectivity index (χ0) is 16.5. The molecule has 0 unspecified atom stereocenters. The molecular weight excluding hydrogens is 298 g/mol. The van der Waals surface area contributed by atoms with Gasteiger partial charge in [-0.2, -0.15) is 0 Å². The molecule has 0 aliphatic rings. The summed E-state index contributed by atoms with van der Waals surface area (Å²) in [5.74, 6) is 0. The highest BCUT2D eigenvalue weighted by Gasteiger charge is 2.35. The molecule has 0 fully saturated rings. The molecule has 1 heterocycles. The smallest absolute Gasteiger partial charge is 0.408 e. The third-order valence-electron chi connectivity index (χ3n) is 3.66. The summed E-state index contributed by atoms with van der Waals surface area (Å²) in [4.78, 5) is 16.4. The first-order valence-electron chi connectivity index (χ1n) is 7.08. The van der Waals surface area contributed by atoms with Crippen LogP contribution in [0.25, 0.3) is 10.9 Å². The number of nitrogens with two attached hydrogens (primary N) is 1. The van der Waals surface area contributed by atoms with Gasteiger partial charge in [0, 0.05) is 29.1 Å². The Bertz CT molecular complexity index is 703. The fourth-order valence-electron chi connectivity index (χ4n) is 2.72. The number of aromatic nitrogens is 1. The van der Waals surface area contributed by atoms with Crippen LogP contribution in [-0.2, 0) is 6.42 Å². The van der Waals surface area contributed by atoms with E-state index in [-0.39, 0.29) is 4.99 Å². The number of carbonyl (C=O) groups is 1. The lowest BCUT2D eigenvalue weighted by Crippen LogP contribution is -2.56. The number of benzene rings is 1. The molecule has 22 heavy (non-hydrogen) atoms. The predicted octanol–water partition coefficient (Wildman–Crippen LogP) is 3.14. The van der Waals surface area contributed by atoms with Gasteiger partial charge in [-0.15, -0.1) is 0 Å². The summed E-state index contributed by atoms with van der Waals surface area (Å²) in [5, 5.41) is 10.6. The molecule has 1 aromatic heterocycles. The molecule has 0 bridgehead atoms. The van der Waals surface area contributed by atoms with E-state index in [0.717, 1.165) is 16.5 Å². The van der Waals surface area contributed by atoms with Gasteiger partial charge in [-0.1, -0.05) is 30.4 Å². The molecule has 5 nitrogen and oxygen atoms in total. The van der Waals surface area contributed by atoms with Crippen molar-refractivity contribution < 1.29 is 9.90 Å². The standard InChI is InChI=1S/C16H21N3O2S/c1-16(2,3)19(15(20)21)13(14(17)22)8-10-9-18-12-7-5-4-6-11(10)12/h4-7,9,13,18H,8H2,1-3H3,(H2,17,22)(H,20,21)/t13-/m1/s1. The van der Waals surface area contributed by atoms with Gasteiger partial charge in [-0.05, 0) is 32.4 Å². The SMILES string of the molecule is CC(C)(C)N(C(=O)O)[C@H](Cc1c[nH]c2ccccc12)C(N)=S. The Morgan fingerprint density at radius 1 is 1.41 bits per heavy atom. The topological polar surface area (TPSA) is 82.4 Å². The number of nitrogens with one attached hydrogen (secondary N) is 1. The Kier molecular flexibility index (Phi) is 4.42. The molecule has 118 valence electrons. The van der Waals surface area contributed by atoms with Gasteiger partial charge >= 0.3 is 6.09 Å². The number of para-hydroxylation sites is 1. The Hall–Kier alpha value is -2.08. The number of fused-ring (bicyclic) bond motifs is 1. The van der Waals surface area contributed by atoms with Crippen molar-refractivity contribution in [3.63, 3.8) is 0 Å². The highest BCUT2D eigenvalue weighted by Crippen LogP contribution is 2.24. The number of carboxylic acid groups (broad SMARTS) is 1. The molecule has 4 N–H and O–H groups in total. The normalized spacial score (nSPS) is 13.0. The third-order valence-corrected chi connectivity index (χ3v) is 3.93. The van der Waals surface area contributed by atoms with E-state index in [9.17, 15) is 9.90 Å². The monoisotopic (exact) mass is 319 g/mol.